The molecule has 0 fully saturated rings. The number of allylic oxidation sites excluding steroid dienone is 1. The fourth-order valence-electron chi connectivity index (χ4n) is 7.89. The maximum Gasteiger partial charge on any atom is 0.164 e. The third-order valence-electron chi connectivity index (χ3n) is 10.5. The van der Waals surface area contributed by atoms with Gasteiger partial charge in [0.1, 0.15) is 11.2 Å². The quantitative estimate of drug-likeness (QED) is 0.185. The Morgan fingerprint density at radius 3 is 2.08 bits per heavy atom. The lowest BCUT2D eigenvalue weighted by molar-refractivity contribution is 0.668. The molecule has 0 amide bonds. The van der Waals surface area contributed by atoms with Crippen molar-refractivity contribution in [3.05, 3.63) is 168 Å². The van der Waals surface area contributed by atoms with E-state index in [1.165, 1.54) is 47.6 Å². The molecule has 0 aliphatic heterocycles. The highest BCUT2D eigenvalue weighted by molar-refractivity contribution is 7.25. The highest BCUT2D eigenvalue weighted by atomic mass is 32.1. The van der Waals surface area contributed by atoms with Gasteiger partial charge in [-0.2, -0.15) is 0 Å². The largest absolute Gasteiger partial charge is 0.456 e. The van der Waals surface area contributed by atoms with Gasteiger partial charge in [-0.25, -0.2) is 15.0 Å². The number of para-hydroxylation sites is 1. The molecule has 3 heterocycles. The summed E-state index contributed by atoms with van der Waals surface area (Å²) < 4.78 is 8.78. The van der Waals surface area contributed by atoms with E-state index >= 15 is 0 Å². The maximum absolute atomic E-state index is 6.24. The fourth-order valence-corrected chi connectivity index (χ4v) is 8.98. The van der Waals surface area contributed by atoms with Crippen LogP contribution in [-0.2, 0) is 6.42 Å². The summed E-state index contributed by atoms with van der Waals surface area (Å²) in [5, 5.41) is 7.18. The molecule has 52 heavy (non-hydrogen) atoms. The molecule has 0 N–H and O–H groups in total. The van der Waals surface area contributed by atoms with Crippen LogP contribution in [0, 0.1) is 0 Å². The minimum absolute atomic E-state index is 0.210. The second kappa shape index (κ2) is 11.6. The van der Waals surface area contributed by atoms with Gasteiger partial charge in [-0.3, -0.25) is 0 Å². The summed E-state index contributed by atoms with van der Waals surface area (Å²) in [7, 11) is 0. The van der Waals surface area contributed by atoms with Crippen molar-refractivity contribution >= 4 is 70.3 Å². The number of rotatable bonds is 4. The van der Waals surface area contributed by atoms with Crippen LogP contribution < -0.4 is 0 Å². The minimum Gasteiger partial charge on any atom is -0.456 e. The third-order valence-corrected chi connectivity index (χ3v) is 11.6. The number of thiophene rings is 1. The Labute approximate surface area is 303 Å². The van der Waals surface area contributed by atoms with E-state index in [0.717, 1.165) is 45.0 Å². The molecule has 0 saturated carbocycles. The van der Waals surface area contributed by atoms with Crippen LogP contribution in [-0.4, -0.2) is 15.0 Å². The van der Waals surface area contributed by atoms with Crippen LogP contribution in [0.15, 0.2) is 156 Å². The normalized spacial score (nSPS) is 14.2. The van der Waals surface area contributed by atoms with Gasteiger partial charge in [-0.15, -0.1) is 11.3 Å². The van der Waals surface area contributed by atoms with Gasteiger partial charge in [0, 0.05) is 53.6 Å². The van der Waals surface area contributed by atoms with Crippen LogP contribution in [0.3, 0.4) is 0 Å². The second-order valence-electron chi connectivity index (χ2n) is 13.6. The number of nitrogens with zero attached hydrogens (tertiary/aromatic N) is 3. The molecule has 0 bridgehead atoms. The molecule has 0 saturated heterocycles. The molecule has 7 aromatic carbocycles. The van der Waals surface area contributed by atoms with E-state index in [0.29, 0.717) is 17.5 Å². The molecular formula is C47H29N3OS. The van der Waals surface area contributed by atoms with Crippen molar-refractivity contribution < 1.29 is 4.42 Å². The van der Waals surface area contributed by atoms with Gasteiger partial charge >= 0.3 is 0 Å². The zero-order valence-electron chi connectivity index (χ0n) is 28.0. The summed E-state index contributed by atoms with van der Waals surface area (Å²) >= 11 is 1.82. The molecule has 5 heteroatoms. The molecule has 0 radical (unpaired) electrons. The van der Waals surface area contributed by atoms with Gasteiger partial charge in [0.25, 0.3) is 0 Å². The number of furan rings is 1. The van der Waals surface area contributed by atoms with E-state index in [-0.39, 0.29) is 5.92 Å². The van der Waals surface area contributed by atoms with Crippen LogP contribution in [0.25, 0.3) is 93.1 Å². The predicted octanol–water partition coefficient (Wildman–Crippen LogP) is 12.6. The Bertz CT molecular complexity index is 3080. The third kappa shape index (κ3) is 4.78. The molecule has 11 rings (SSSR count). The van der Waals surface area contributed by atoms with Crippen LogP contribution in [0.5, 0.6) is 0 Å². The first-order valence-corrected chi connectivity index (χ1v) is 18.4. The zero-order chi connectivity index (χ0) is 34.2. The van der Waals surface area contributed by atoms with E-state index in [1.54, 1.807) is 0 Å². The van der Waals surface area contributed by atoms with E-state index in [4.69, 9.17) is 19.4 Å². The lowest BCUT2D eigenvalue weighted by Crippen LogP contribution is -2.07. The molecular weight excluding hydrogens is 655 g/mol. The van der Waals surface area contributed by atoms with Crippen molar-refractivity contribution in [3.63, 3.8) is 0 Å². The zero-order valence-corrected chi connectivity index (χ0v) is 28.8. The SMILES string of the molecule is C1=CC(c2cccc3oc4ccccc4c23)Cc2cc(-c3nc(-c4ccc5ccccc5c4)nc(-c4ccc5sc6ccccc6c5c4)n3)ccc21. The Balaban J connectivity index is 1.04. The molecule has 1 aliphatic carbocycles. The van der Waals surface area contributed by atoms with Crippen molar-refractivity contribution in [3.8, 4) is 34.2 Å². The van der Waals surface area contributed by atoms with Crippen molar-refractivity contribution in [2.75, 3.05) is 0 Å². The highest BCUT2D eigenvalue weighted by Crippen LogP contribution is 2.40. The van der Waals surface area contributed by atoms with Crippen LogP contribution in [0.4, 0.5) is 0 Å². The molecule has 3 aromatic heterocycles. The summed E-state index contributed by atoms with van der Waals surface area (Å²) in [6.07, 6.45) is 5.46. The summed E-state index contributed by atoms with van der Waals surface area (Å²) in [5.41, 5.74) is 8.55. The Kier molecular flexibility index (Phi) is 6.51. The molecule has 1 aliphatic rings. The van der Waals surface area contributed by atoms with Crippen LogP contribution in [0.1, 0.15) is 22.6 Å². The standard InChI is InChI=1S/C47H29N3OS/c1-2-9-30-24-32(20-17-28(30)8-1)45-48-46(50-47(49-45)34-22-23-43-39(27-34)37-10-4-6-15-42(37)52-43)33-21-18-29-16-19-31(25-35(29)26-33)36-12-7-14-41-44(36)38-11-3-5-13-40(38)51-41/h1-24,26-27,31H,25H2. The summed E-state index contributed by atoms with van der Waals surface area (Å²) in [6, 6.07) is 51.4. The number of aromatic nitrogens is 3. The molecule has 1 atom stereocenters. The van der Waals surface area contributed by atoms with Crippen molar-refractivity contribution in [1.29, 1.82) is 0 Å². The fraction of sp³-hybridized carbons (Fsp3) is 0.0426. The van der Waals surface area contributed by atoms with E-state index in [2.05, 4.69) is 146 Å². The number of hydrogen-bond acceptors (Lipinski definition) is 5. The molecule has 244 valence electrons. The average molecular weight is 684 g/mol. The van der Waals surface area contributed by atoms with Gasteiger partial charge in [0.2, 0.25) is 0 Å². The van der Waals surface area contributed by atoms with Gasteiger partial charge in [-0.1, -0.05) is 109 Å². The van der Waals surface area contributed by atoms with Gasteiger partial charge < -0.3 is 4.42 Å². The van der Waals surface area contributed by atoms with Crippen molar-refractivity contribution in [2.45, 2.75) is 12.3 Å². The van der Waals surface area contributed by atoms with Crippen LogP contribution in [0.2, 0.25) is 0 Å². The Morgan fingerprint density at radius 2 is 1.19 bits per heavy atom. The van der Waals surface area contributed by atoms with Gasteiger partial charge in [-0.05, 0) is 82.4 Å². The van der Waals surface area contributed by atoms with Crippen molar-refractivity contribution in [1.82, 2.24) is 15.0 Å². The predicted molar refractivity (Wildman–Crippen MR) is 216 cm³/mol. The van der Waals surface area contributed by atoms with Gasteiger partial charge in [0.15, 0.2) is 17.5 Å². The van der Waals surface area contributed by atoms with E-state index in [9.17, 15) is 0 Å². The summed E-state index contributed by atoms with van der Waals surface area (Å²) in [4.78, 5) is 15.5. The lowest BCUT2D eigenvalue weighted by Gasteiger charge is -2.21. The lowest BCUT2D eigenvalue weighted by atomic mass is 9.83. The highest BCUT2D eigenvalue weighted by Gasteiger charge is 2.22. The van der Waals surface area contributed by atoms with Crippen LogP contribution >= 0.6 is 11.3 Å². The smallest absolute Gasteiger partial charge is 0.164 e. The first kappa shape index (κ1) is 29.3. The maximum atomic E-state index is 6.24. The van der Waals surface area contributed by atoms with E-state index in [1.807, 2.05) is 23.5 Å². The second-order valence-corrected chi connectivity index (χ2v) is 14.7. The first-order chi connectivity index (χ1) is 25.7. The number of hydrogen-bond donors (Lipinski definition) is 0. The summed E-state index contributed by atoms with van der Waals surface area (Å²) in [5.74, 6) is 2.20. The average Bonchev–Trinajstić information content (AvgIpc) is 3.78. The topological polar surface area (TPSA) is 51.8 Å². The van der Waals surface area contributed by atoms with Gasteiger partial charge in [0.05, 0.1) is 0 Å². The monoisotopic (exact) mass is 683 g/mol. The Hall–Kier alpha value is -6.43. The molecule has 10 aromatic rings. The van der Waals surface area contributed by atoms with Crippen molar-refractivity contribution in [2.24, 2.45) is 0 Å². The first-order valence-electron chi connectivity index (χ1n) is 17.6. The van der Waals surface area contributed by atoms with E-state index < -0.39 is 0 Å². The number of fused-ring (bicyclic) bond motifs is 8. The molecule has 4 nitrogen and oxygen atoms in total. The summed E-state index contributed by atoms with van der Waals surface area (Å²) in [6.45, 7) is 0. The molecule has 0 spiro atoms. The molecule has 1 unspecified atom stereocenters. The Morgan fingerprint density at radius 1 is 0.519 bits per heavy atom. The minimum atomic E-state index is 0.210. The number of benzene rings is 7.